The van der Waals surface area contributed by atoms with Crippen LogP contribution in [-0.4, -0.2) is 49.3 Å². The maximum atomic E-state index is 11.4. The molecule has 5 heteroatoms. The van der Waals surface area contributed by atoms with E-state index in [1.807, 2.05) is 0 Å². The van der Waals surface area contributed by atoms with Crippen LogP contribution in [0.2, 0.25) is 0 Å². The van der Waals surface area contributed by atoms with Crippen molar-refractivity contribution in [3.8, 4) is 12.3 Å². The Morgan fingerprint density at radius 3 is 2.56 bits per heavy atom. The molecule has 0 unspecified atom stereocenters. The van der Waals surface area contributed by atoms with Gasteiger partial charge in [0.2, 0.25) is 5.91 Å². The maximum Gasteiger partial charge on any atom is 0.238 e. The number of hydrogen-bond acceptors (Lipinski definition) is 3. The SMILES string of the molecule is C#CCN(CC1OCCCCO1)C(=O)CCl. The predicted molar refractivity (Wildman–Crippen MR) is 61.1 cm³/mol. The zero-order valence-electron chi connectivity index (χ0n) is 9.15. The van der Waals surface area contributed by atoms with Gasteiger partial charge < -0.3 is 14.4 Å². The van der Waals surface area contributed by atoms with Crippen LogP contribution in [0.15, 0.2) is 0 Å². The van der Waals surface area contributed by atoms with Gasteiger partial charge in [-0.3, -0.25) is 4.79 Å². The molecule has 0 N–H and O–H groups in total. The zero-order chi connectivity index (χ0) is 11.8. The van der Waals surface area contributed by atoms with E-state index in [9.17, 15) is 4.79 Å². The first kappa shape index (κ1) is 13.3. The van der Waals surface area contributed by atoms with Crippen molar-refractivity contribution in [2.24, 2.45) is 0 Å². The molecule has 1 rings (SSSR count). The molecular weight excluding hydrogens is 230 g/mol. The second-order valence-corrected chi connectivity index (χ2v) is 3.76. The first-order chi connectivity index (χ1) is 7.77. The van der Waals surface area contributed by atoms with Crippen LogP contribution in [0.1, 0.15) is 12.8 Å². The smallest absolute Gasteiger partial charge is 0.238 e. The molecule has 90 valence electrons. The van der Waals surface area contributed by atoms with Gasteiger partial charge in [0, 0.05) is 13.2 Å². The molecule has 1 fully saturated rings. The van der Waals surface area contributed by atoms with E-state index in [1.54, 1.807) is 0 Å². The molecule has 0 aliphatic carbocycles. The van der Waals surface area contributed by atoms with Crippen molar-refractivity contribution < 1.29 is 14.3 Å². The standard InChI is InChI=1S/C11H16ClNO3/c1-2-5-13(10(14)8-12)9-11-15-6-3-4-7-16-11/h1,11H,3-9H2. The average Bonchev–Trinajstić information content (AvgIpc) is 2.56. The summed E-state index contributed by atoms with van der Waals surface area (Å²) in [6.07, 6.45) is 6.77. The quantitative estimate of drug-likeness (QED) is 0.544. The fourth-order valence-electron chi connectivity index (χ4n) is 1.42. The summed E-state index contributed by atoms with van der Waals surface area (Å²) in [6.45, 7) is 1.89. The van der Waals surface area contributed by atoms with E-state index in [2.05, 4.69) is 5.92 Å². The summed E-state index contributed by atoms with van der Waals surface area (Å²) in [6, 6.07) is 0. The second kappa shape index (κ2) is 7.50. The third kappa shape index (κ3) is 4.40. The summed E-state index contributed by atoms with van der Waals surface area (Å²) in [5.74, 6) is 2.15. The number of ether oxygens (including phenoxy) is 2. The summed E-state index contributed by atoms with van der Waals surface area (Å²) in [7, 11) is 0. The van der Waals surface area contributed by atoms with Crippen molar-refractivity contribution in [2.45, 2.75) is 19.1 Å². The highest BCUT2D eigenvalue weighted by Gasteiger charge is 2.19. The fraction of sp³-hybridized carbons (Fsp3) is 0.727. The lowest BCUT2D eigenvalue weighted by atomic mass is 10.3. The molecule has 0 atom stereocenters. The molecule has 16 heavy (non-hydrogen) atoms. The summed E-state index contributed by atoms with van der Waals surface area (Å²) >= 11 is 5.49. The number of hydrogen-bond donors (Lipinski definition) is 0. The molecule has 0 aromatic heterocycles. The molecule has 4 nitrogen and oxygen atoms in total. The molecule has 0 bridgehead atoms. The zero-order valence-corrected chi connectivity index (χ0v) is 9.91. The fourth-order valence-corrected chi connectivity index (χ4v) is 1.59. The Hall–Kier alpha value is -0.760. The van der Waals surface area contributed by atoms with Crippen LogP contribution in [0.5, 0.6) is 0 Å². The number of carbonyl (C=O) groups excluding carboxylic acids is 1. The second-order valence-electron chi connectivity index (χ2n) is 3.49. The van der Waals surface area contributed by atoms with Crippen molar-refractivity contribution in [3.63, 3.8) is 0 Å². The van der Waals surface area contributed by atoms with E-state index >= 15 is 0 Å². The van der Waals surface area contributed by atoms with E-state index in [1.165, 1.54) is 4.90 Å². The highest BCUT2D eigenvalue weighted by Crippen LogP contribution is 2.08. The van der Waals surface area contributed by atoms with Gasteiger partial charge in [-0.05, 0) is 12.8 Å². The van der Waals surface area contributed by atoms with Gasteiger partial charge in [-0.25, -0.2) is 0 Å². The van der Waals surface area contributed by atoms with Crippen molar-refractivity contribution in [1.82, 2.24) is 4.90 Å². The largest absolute Gasteiger partial charge is 0.351 e. The molecule has 0 spiro atoms. The van der Waals surface area contributed by atoms with Crippen LogP contribution in [0, 0.1) is 12.3 Å². The van der Waals surface area contributed by atoms with Gasteiger partial charge in [0.15, 0.2) is 6.29 Å². The average molecular weight is 246 g/mol. The summed E-state index contributed by atoms with van der Waals surface area (Å²) in [4.78, 5) is 12.9. The minimum atomic E-state index is -0.386. The molecule has 1 saturated heterocycles. The topological polar surface area (TPSA) is 38.8 Å². The third-order valence-electron chi connectivity index (χ3n) is 2.26. The van der Waals surface area contributed by atoms with Gasteiger partial charge >= 0.3 is 0 Å². The highest BCUT2D eigenvalue weighted by molar-refractivity contribution is 6.27. The summed E-state index contributed by atoms with van der Waals surface area (Å²) in [5, 5.41) is 0. The maximum absolute atomic E-state index is 11.4. The van der Waals surface area contributed by atoms with Gasteiger partial charge in [-0.15, -0.1) is 18.0 Å². The van der Waals surface area contributed by atoms with E-state index in [0.717, 1.165) is 12.8 Å². The number of carbonyl (C=O) groups is 1. The number of halogens is 1. The number of rotatable bonds is 4. The van der Waals surface area contributed by atoms with Crippen molar-refractivity contribution >= 4 is 17.5 Å². The van der Waals surface area contributed by atoms with Crippen LogP contribution < -0.4 is 0 Å². The van der Waals surface area contributed by atoms with Crippen LogP contribution in [0.25, 0.3) is 0 Å². The van der Waals surface area contributed by atoms with Gasteiger partial charge in [0.1, 0.15) is 5.88 Å². The first-order valence-corrected chi connectivity index (χ1v) is 5.81. The monoisotopic (exact) mass is 245 g/mol. The summed E-state index contributed by atoms with van der Waals surface area (Å²) < 4.78 is 10.9. The molecule has 0 aromatic rings. The normalized spacial score (nSPS) is 17.5. The van der Waals surface area contributed by atoms with E-state index in [-0.39, 0.29) is 24.6 Å². The molecule has 0 radical (unpaired) electrons. The Bertz CT molecular complexity index is 256. The lowest BCUT2D eigenvalue weighted by Gasteiger charge is -2.24. The van der Waals surface area contributed by atoms with Gasteiger partial charge in [0.05, 0.1) is 13.1 Å². The lowest BCUT2D eigenvalue weighted by Crippen LogP contribution is -2.40. The van der Waals surface area contributed by atoms with Crippen molar-refractivity contribution in [1.29, 1.82) is 0 Å². The first-order valence-electron chi connectivity index (χ1n) is 5.28. The third-order valence-corrected chi connectivity index (χ3v) is 2.49. The van der Waals surface area contributed by atoms with Crippen LogP contribution in [0.3, 0.4) is 0 Å². The molecule has 1 amide bonds. The highest BCUT2D eigenvalue weighted by atomic mass is 35.5. The number of terminal acetylenes is 1. The van der Waals surface area contributed by atoms with Gasteiger partial charge in [-0.2, -0.15) is 0 Å². The van der Waals surface area contributed by atoms with E-state index in [4.69, 9.17) is 27.5 Å². The molecule has 1 heterocycles. The van der Waals surface area contributed by atoms with Crippen LogP contribution in [0.4, 0.5) is 0 Å². The molecule has 1 aliphatic heterocycles. The molecule has 1 aliphatic rings. The minimum Gasteiger partial charge on any atom is -0.351 e. The Morgan fingerprint density at radius 2 is 2.06 bits per heavy atom. The lowest BCUT2D eigenvalue weighted by molar-refractivity contribution is -0.151. The number of amides is 1. The van der Waals surface area contributed by atoms with E-state index in [0.29, 0.717) is 19.8 Å². The van der Waals surface area contributed by atoms with Crippen LogP contribution >= 0.6 is 11.6 Å². The Balaban J connectivity index is 2.46. The Morgan fingerprint density at radius 1 is 1.44 bits per heavy atom. The number of alkyl halides is 1. The van der Waals surface area contributed by atoms with Gasteiger partial charge in [0.25, 0.3) is 0 Å². The van der Waals surface area contributed by atoms with Crippen molar-refractivity contribution in [2.75, 3.05) is 32.2 Å². The molecule has 0 aromatic carbocycles. The Kier molecular flexibility index (Phi) is 6.24. The van der Waals surface area contributed by atoms with Crippen molar-refractivity contribution in [3.05, 3.63) is 0 Å². The predicted octanol–water partition coefficient (Wildman–Crippen LogP) is 0.840. The van der Waals surface area contributed by atoms with Gasteiger partial charge in [-0.1, -0.05) is 5.92 Å². The number of nitrogens with zero attached hydrogens (tertiary/aromatic N) is 1. The summed E-state index contributed by atoms with van der Waals surface area (Å²) in [5.41, 5.74) is 0. The van der Waals surface area contributed by atoms with E-state index < -0.39 is 0 Å². The Labute approximate surface area is 101 Å². The minimum absolute atomic E-state index is 0.0750. The molecule has 0 saturated carbocycles. The van der Waals surface area contributed by atoms with Crippen LogP contribution in [-0.2, 0) is 14.3 Å². The molecular formula is C11H16ClNO3.